The highest BCUT2D eigenvalue weighted by molar-refractivity contribution is 5.90. The molecule has 2 aliphatic heterocycles. The monoisotopic (exact) mass is 362 g/mol. The fourth-order valence-electron chi connectivity index (χ4n) is 4.08. The number of allylic oxidation sites excluding steroid dienone is 4. The molecule has 0 fully saturated rings. The molecular weight excluding hydrogens is 340 g/mol. The molecule has 0 saturated heterocycles. The van der Waals surface area contributed by atoms with Crippen LogP contribution in [0.3, 0.4) is 0 Å². The fourth-order valence-corrected chi connectivity index (χ4v) is 4.08. The van der Waals surface area contributed by atoms with Crippen molar-refractivity contribution in [2.45, 2.75) is 13.8 Å². The van der Waals surface area contributed by atoms with Crippen LogP contribution in [0.15, 0.2) is 96.3 Å². The summed E-state index contributed by atoms with van der Waals surface area (Å²) < 4.78 is 0. The number of nitrogens with one attached hydrogen (secondary N) is 2. The largest absolute Gasteiger partial charge is 0.357 e. The Bertz CT molecular complexity index is 1150. The van der Waals surface area contributed by atoms with E-state index in [-0.39, 0.29) is 0 Å². The molecule has 0 radical (unpaired) electrons. The summed E-state index contributed by atoms with van der Waals surface area (Å²) in [7, 11) is 0. The van der Waals surface area contributed by atoms with Crippen LogP contribution in [0, 0.1) is 0 Å². The zero-order valence-corrected chi connectivity index (χ0v) is 16.1. The molecule has 2 heteroatoms. The maximum Gasteiger partial charge on any atom is 0.0707 e. The minimum absolute atomic E-state index is 1.15. The van der Waals surface area contributed by atoms with Gasteiger partial charge in [0.25, 0.3) is 0 Å². The van der Waals surface area contributed by atoms with Crippen molar-refractivity contribution in [1.82, 2.24) is 0 Å². The van der Waals surface area contributed by atoms with Crippen LogP contribution in [0.25, 0.3) is 11.1 Å². The van der Waals surface area contributed by atoms with E-state index in [4.69, 9.17) is 0 Å². The minimum atomic E-state index is 1.15. The van der Waals surface area contributed by atoms with Gasteiger partial charge in [-0.1, -0.05) is 72.8 Å². The second-order valence-corrected chi connectivity index (χ2v) is 7.37. The maximum absolute atomic E-state index is 3.62. The highest BCUT2D eigenvalue weighted by Crippen LogP contribution is 2.28. The Kier molecular flexibility index (Phi) is 3.91. The standard InChI is InChI=1S/C26H22N2/c1-17-15-23(19-9-5-3-6-10-19)21-13-14-22-24(20-11-7-4-8-12-20)16-18(2)28-26(22)25(21)27-17/h3-16,27-28H,1-2H3. The predicted molar refractivity (Wildman–Crippen MR) is 118 cm³/mol. The molecule has 28 heavy (non-hydrogen) atoms. The normalized spacial score (nSPS) is 14.9. The predicted octanol–water partition coefficient (Wildman–Crippen LogP) is 4.74. The third kappa shape index (κ3) is 2.74. The van der Waals surface area contributed by atoms with Crippen LogP contribution in [-0.4, -0.2) is 0 Å². The molecule has 136 valence electrons. The third-order valence-electron chi connectivity index (χ3n) is 5.32. The van der Waals surface area contributed by atoms with Gasteiger partial charge in [-0.15, -0.1) is 0 Å². The lowest BCUT2D eigenvalue weighted by Crippen LogP contribution is -2.28. The minimum Gasteiger partial charge on any atom is -0.357 e. The van der Waals surface area contributed by atoms with Gasteiger partial charge < -0.3 is 10.6 Å². The first kappa shape index (κ1) is 16.6. The summed E-state index contributed by atoms with van der Waals surface area (Å²) in [5, 5.41) is 9.69. The van der Waals surface area contributed by atoms with Gasteiger partial charge in [0.15, 0.2) is 0 Å². The number of fused-ring (bicyclic) bond motifs is 3. The molecule has 5 rings (SSSR count). The Labute approximate surface area is 165 Å². The molecule has 0 atom stereocenters. The number of hydrogen-bond acceptors (Lipinski definition) is 2. The lowest BCUT2D eigenvalue weighted by molar-refractivity contribution is 1.27. The van der Waals surface area contributed by atoms with Crippen molar-refractivity contribution in [2.24, 2.45) is 0 Å². The molecule has 0 unspecified atom stereocenters. The summed E-state index contributed by atoms with van der Waals surface area (Å²) >= 11 is 0. The average Bonchev–Trinajstić information content (AvgIpc) is 2.74. The number of hydrogen-bond donors (Lipinski definition) is 2. The molecule has 2 heterocycles. The van der Waals surface area contributed by atoms with Gasteiger partial charge in [-0.2, -0.15) is 0 Å². The lowest BCUT2D eigenvalue weighted by Gasteiger charge is -2.24. The van der Waals surface area contributed by atoms with Crippen molar-refractivity contribution in [3.05, 3.63) is 118 Å². The first-order valence-corrected chi connectivity index (χ1v) is 9.64. The molecule has 0 aliphatic carbocycles. The molecule has 2 aliphatic rings. The van der Waals surface area contributed by atoms with E-state index >= 15 is 0 Å². The third-order valence-corrected chi connectivity index (χ3v) is 5.32. The van der Waals surface area contributed by atoms with Crippen molar-refractivity contribution in [3.63, 3.8) is 0 Å². The Morgan fingerprint density at radius 2 is 0.893 bits per heavy atom. The Morgan fingerprint density at radius 1 is 0.500 bits per heavy atom. The summed E-state index contributed by atoms with van der Waals surface area (Å²) in [6.07, 6.45) is 4.47. The van der Waals surface area contributed by atoms with Crippen LogP contribution in [0.4, 0.5) is 11.4 Å². The Hall–Kier alpha value is -3.52. The van der Waals surface area contributed by atoms with Gasteiger partial charge in [0.05, 0.1) is 11.4 Å². The van der Waals surface area contributed by atoms with Gasteiger partial charge in [0.2, 0.25) is 0 Å². The van der Waals surface area contributed by atoms with E-state index < -0.39 is 0 Å². The molecule has 0 saturated carbocycles. The Balaban J connectivity index is 1.85. The van der Waals surface area contributed by atoms with Crippen molar-refractivity contribution >= 4 is 22.5 Å². The van der Waals surface area contributed by atoms with Crippen LogP contribution in [0.1, 0.15) is 25.0 Å². The van der Waals surface area contributed by atoms with Gasteiger partial charge in [0.1, 0.15) is 0 Å². The van der Waals surface area contributed by atoms with Crippen molar-refractivity contribution < 1.29 is 0 Å². The van der Waals surface area contributed by atoms with Gasteiger partial charge in [-0.3, -0.25) is 0 Å². The molecule has 0 spiro atoms. The van der Waals surface area contributed by atoms with Crippen LogP contribution >= 0.6 is 0 Å². The average molecular weight is 362 g/mol. The molecule has 0 aromatic heterocycles. The van der Waals surface area contributed by atoms with Crippen molar-refractivity contribution in [1.29, 1.82) is 0 Å². The summed E-state index contributed by atoms with van der Waals surface area (Å²) in [5.74, 6) is 0. The van der Waals surface area contributed by atoms with Gasteiger partial charge in [0, 0.05) is 21.8 Å². The van der Waals surface area contributed by atoms with Crippen LogP contribution in [0.5, 0.6) is 0 Å². The van der Waals surface area contributed by atoms with Gasteiger partial charge in [-0.25, -0.2) is 0 Å². The van der Waals surface area contributed by atoms with E-state index in [0.29, 0.717) is 0 Å². The number of rotatable bonds is 2. The maximum atomic E-state index is 3.62. The summed E-state index contributed by atoms with van der Waals surface area (Å²) in [6.45, 7) is 4.25. The highest BCUT2D eigenvalue weighted by atomic mass is 15.0. The number of anilines is 2. The van der Waals surface area contributed by atoms with Crippen molar-refractivity contribution in [3.8, 4) is 0 Å². The first-order chi connectivity index (χ1) is 13.7. The van der Waals surface area contributed by atoms with E-state index in [0.717, 1.165) is 22.8 Å². The molecular formula is C26H22N2. The molecule has 0 bridgehead atoms. The van der Waals surface area contributed by atoms with Crippen molar-refractivity contribution in [2.75, 3.05) is 10.6 Å². The van der Waals surface area contributed by atoms with E-state index in [9.17, 15) is 0 Å². The summed E-state index contributed by atoms with van der Waals surface area (Å²) in [4.78, 5) is 0. The fraction of sp³-hybridized carbons (Fsp3) is 0.0769. The summed E-state index contributed by atoms with van der Waals surface area (Å²) in [6, 6.07) is 25.7. The van der Waals surface area contributed by atoms with Crippen LogP contribution < -0.4 is 21.1 Å². The topological polar surface area (TPSA) is 24.1 Å². The quantitative estimate of drug-likeness (QED) is 0.688. The van der Waals surface area contributed by atoms with E-state index in [2.05, 4.69) is 109 Å². The highest BCUT2D eigenvalue weighted by Gasteiger charge is 2.18. The van der Waals surface area contributed by atoms with Crippen LogP contribution in [0.2, 0.25) is 0 Å². The Morgan fingerprint density at radius 3 is 1.29 bits per heavy atom. The van der Waals surface area contributed by atoms with E-state index in [1.54, 1.807) is 0 Å². The van der Waals surface area contributed by atoms with E-state index in [1.807, 2.05) is 0 Å². The zero-order valence-electron chi connectivity index (χ0n) is 16.1. The SMILES string of the molecule is CC1=CC(c2ccccc2)=c2ccc3c(c2N1)NC(C)=CC=3c1ccccc1. The first-order valence-electron chi connectivity index (χ1n) is 9.64. The molecule has 0 amide bonds. The molecule has 3 aromatic carbocycles. The van der Waals surface area contributed by atoms with Crippen LogP contribution in [-0.2, 0) is 0 Å². The van der Waals surface area contributed by atoms with Gasteiger partial charge >= 0.3 is 0 Å². The van der Waals surface area contributed by atoms with E-state index in [1.165, 1.54) is 32.7 Å². The second-order valence-electron chi connectivity index (χ2n) is 7.37. The lowest BCUT2D eigenvalue weighted by atomic mass is 9.93. The zero-order chi connectivity index (χ0) is 19.1. The molecule has 3 aromatic rings. The second kappa shape index (κ2) is 6.58. The van der Waals surface area contributed by atoms with Gasteiger partial charge in [-0.05, 0) is 48.3 Å². The molecule has 2 N–H and O–H groups in total. The smallest absolute Gasteiger partial charge is 0.0707 e. The molecule has 2 nitrogen and oxygen atoms in total. The number of benzene rings is 3. The summed E-state index contributed by atoms with van der Waals surface area (Å²) in [5.41, 5.74) is 9.58.